The zero-order valence-electron chi connectivity index (χ0n) is 7.96. The molecule has 1 rings (SSSR count). The van der Waals surface area contributed by atoms with Gasteiger partial charge in [-0.1, -0.05) is 11.6 Å². The highest BCUT2D eigenvalue weighted by Gasteiger charge is 2.31. The second kappa shape index (κ2) is 5.72. The maximum absolute atomic E-state index is 12.3. The first-order chi connectivity index (χ1) is 6.86. The Morgan fingerprint density at radius 2 is 1.94 bits per heavy atom. The predicted octanol–water partition coefficient (Wildman–Crippen LogP) is 2.77. The lowest BCUT2D eigenvalue weighted by Crippen LogP contribution is -2.16. The molecule has 0 amide bonds. The highest BCUT2D eigenvalue weighted by atomic mass is 35.5. The van der Waals surface area contributed by atoms with Crippen molar-refractivity contribution >= 4 is 24.0 Å². The van der Waals surface area contributed by atoms with Crippen molar-refractivity contribution in [3.63, 3.8) is 0 Å². The van der Waals surface area contributed by atoms with Crippen LogP contribution in [0.2, 0.25) is 5.02 Å². The fourth-order valence-corrected chi connectivity index (χ4v) is 1.36. The Morgan fingerprint density at radius 3 is 2.38 bits per heavy atom. The minimum absolute atomic E-state index is 0. The van der Waals surface area contributed by atoms with E-state index in [4.69, 9.17) is 22.4 Å². The molecule has 0 fully saturated rings. The van der Waals surface area contributed by atoms with Gasteiger partial charge in [-0.05, 0) is 23.8 Å². The zero-order valence-corrected chi connectivity index (χ0v) is 9.53. The molecule has 7 heteroatoms. The molecule has 92 valence electrons. The van der Waals surface area contributed by atoms with Crippen molar-refractivity contribution in [3.05, 3.63) is 34.3 Å². The number of hydrogen-bond acceptors (Lipinski definition) is 2. The molecule has 0 aliphatic carbocycles. The van der Waals surface area contributed by atoms with Gasteiger partial charge in [0.25, 0.3) is 0 Å². The molecular formula is C9H10Cl2F3NO. The smallest absolute Gasteiger partial charge is 0.394 e. The average Bonchev–Trinajstić information content (AvgIpc) is 2.15. The maximum Gasteiger partial charge on any atom is 0.416 e. The van der Waals surface area contributed by atoms with Gasteiger partial charge in [0, 0.05) is 5.02 Å². The predicted molar refractivity (Wildman–Crippen MR) is 57.7 cm³/mol. The van der Waals surface area contributed by atoms with Crippen molar-refractivity contribution in [3.8, 4) is 0 Å². The highest BCUT2D eigenvalue weighted by Crippen LogP contribution is 2.33. The summed E-state index contributed by atoms with van der Waals surface area (Å²) in [5.74, 6) is 0. The summed E-state index contributed by atoms with van der Waals surface area (Å²) in [6.07, 6.45) is -4.44. The summed E-state index contributed by atoms with van der Waals surface area (Å²) < 4.78 is 37.0. The Kier molecular flexibility index (Phi) is 5.55. The molecule has 2 nitrogen and oxygen atoms in total. The molecule has 3 N–H and O–H groups in total. The molecule has 0 spiro atoms. The lowest BCUT2D eigenvalue weighted by molar-refractivity contribution is -0.137. The van der Waals surface area contributed by atoms with E-state index < -0.39 is 24.4 Å². The Bertz CT molecular complexity index is 357. The topological polar surface area (TPSA) is 46.2 Å². The molecule has 1 atom stereocenters. The molecule has 16 heavy (non-hydrogen) atoms. The van der Waals surface area contributed by atoms with Crippen LogP contribution in [-0.2, 0) is 6.18 Å². The third-order valence-electron chi connectivity index (χ3n) is 1.92. The molecule has 0 unspecified atom stereocenters. The number of hydrogen-bond donors (Lipinski definition) is 2. The Labute approximate surface area is 102 Å². The summed E-state index contributed by atoms with van der Waals surface area (Å²) in [7, 11) is 0. The van der Waals surface area contributed by atoms with E-state index in [1.54, 1.807) is 0 Å². The number of aliphatic hydroxyl groups is 1. The Morgan fingerprint density at radius 1 is 1.38 bits per heavy atom. The minimum Gasteiger partial charge on any atom is -0.394 e. The van der Waals surface area contributed by atoms with Crippen LogP contribution >= 0.6 is 24.0 Å². The SMILES string of the molecule is Cl.N[C@H](CO)c1cc(C(F)(F)F)ccc1Cl. The second-order valence-electron chi connectivity index (χ2n) is 3.02. The van der Waals surface area contributed by atoms with Gasteiger partial charge in [0.2, 0.25) is 0 Å². The molecule has 0 aromatic heterocycles. The number of halogens is 5. The number of nitrogens with two attached hydrogens (primary N) is 1. The van der Waals surface area contributed by atoms with Gasteiger partial charge in [-0.25, -0.2) is 0 Å². The van der Waals surface area contributed by atoms with Crippen molar-refractivity contribution < 1.29 is 18.3 Å². The molecule has 1 aromatic carbocycles. The van der Waals surface area contributed by atoms with Crippen LogP contribution in [0.1, 0.15) is 17.2 Å². The number of alkyl halides is 3. The maximum atomic E-state index is 12.3. The first-order valence-corrected chi connectivity index (χ1v) is 4.47. The van der Waals surface area contributed by atoms with E-state index in [1.165, 1.54) is 0 Å². The lowest BCUT2D eigenvalue weighted by atomic mass is 10.0. The van der Waals surface area contributed by atoms with E-state index in [2.05, 4.69) is 0 Å². The fourth-order valence-electron chi connectivity index (χ4n) is 1.10. The van der Waals surface area contributed by atoms with Gasteiger partial charge in [0.15, 0.2) is 0 Å². The second-order valence-corrected chi connectivity index (χ2v) is 3.43. The van der Waals surface area contributed by atoms with Gasteiger partial charge in [0.1, 0.15) is 0 Å². The van der Waals surface area contributed by atoms with Crippen molar-refractivity contribution in [1.29, 1.82) is 0 Å². The van der Waals surface area contributed by atoms with Crippen molar-refractivity contribution in [2.75, 3.05) is 6.61 Å². The van der Waals surface area contributed by atoms with Crippen LogP contribution in [0.4, 0.5) is 13.2 Å². The van der Waals surface area contributed by atoms with Crippen LogP contribution < -0.4 is 5.73 Å². The highest BCUT2D eigenvalue weighted by molar-refractivity contribution is 6.31. The third kappa shape index (κ3) is 3.52. The van der Waals surface area contributed by atoms with E-state index in [9.17, 15) is 13.2 Å². The van der Waals surface area contributed by atoms with Crippen molar-refractivity contribution in [2.24, 2.45) is 5.73 Å². The van der Waals surface area contributed by atoms with Gasteiger partial charge < -0.3 is 10.8 Å². The van der Waals surface area contributed by atoms with E-state index in [1.807, 2.05) is 0 Å². The average molecular weight is 276 g/mol. The monoisotopic (exact) mass is 275 g/mol. The number of benzene rings is 1. The van der Waals surface area contributed by atoms with Gasteiger partial charge in [-0.2, -0.15) is 13.2 Å². The zero-order chi connectivity index (χ0) is 11.6. The summed E-state index contributed by atoms with van der Waals surface area (Å²) in [6.45, 7) is -0.457. The first-order valence-electron chi connectivity index (χ1n) is 4.09. The van der Waals surface area contributed by atoms with Crippen LogP contribution in [0.5, 0.6) is 0 Å². The van der Waals surface area contributed by atoms with E-state index in [-0.39, 0.29) is 23.0 Å². The summed E-state index contributed by atoms with van der Waals surface area (Å²) in [5, 5.41) is 8.86. The molecule has 1 aromatic rings. The molecule has 0 aliphatic heterocycles. The normalized spacial score (nSPS) is 13.1. The summed E-state index contributed by atoms with van der Waals surface area (Å²) >= 11 is 5.66. The van der Waals surface area contributed by atoms with Gasteiger partial charge in [-0.3, -0.25) is 0 Å². The van der Waals surface area contributed by atoms with E-state index in [0.717, 1.165) is 18.2 Å². The molecule has 0 aliphatic rings. The van der Waals surface area contributed by atoms with Gasteiger partial charge in [0.05, 0.1) is 18.2 Å². The molecule has 0 radical (unpaired) electrons. The van der Waals surface area contributed by atoms with E-state index in [0.29, 0.717) is 0 Å². The van der Waals surface area contributed by atoms with Crippen molar-refractivity contribution in [1.82, 2.24) is 0 Å². The largest absolute Gasteiger partial charge is 0.416 e. The molecule has 0 saturated carbocycles. The minimum atomic E-state index is -4.44. The first kappa shape index (κ1) is 15.5. The quantitative estimate of drug-likeness (QED) is 0.872. The van der Waals surface area contributed by atoms with Crippen LogP contribution in [-0.4, -0.2) is 11.7 Å². The number of rotatable bonds is 2. The van der Waals surface area contributed by atoms with Crippen LogP contribution in [0, 0.1) is 0 Å². The standard InChI is InChI=1S/C9H9ClF3NO.ClH/c10-7-2-1-5(9(11,12)13)3-6(7)8(14)4-15;/h1-3,8,15H,4,14H2;1H/t8-;/m1./s1. The Balaban J connectivity index is 0.00000225. The molecular weight excluding hydrogens is 266 g/mol. The summed E-state index contributed by atoms with van der Waals surface area (Å²) in [6, 6.07) is 1.94. The van der Waals surface area contributed by atoms with E-state index >= 15 is 0 Å². The van der Waals surface area contributed by atoms with Crippen LogP contribution in [0.25, 0.3) is 0 Å². The molecule has 0 bridgehead atoms. The van der Waals surface area contributed by atoms with Gasteiger partial charge in [-0.15, -0.1) is 12.4 Å². The lowest BCUT2D eigenvalue weighted by Gasteiger charge is -2.14. The van der Waals surface area contributed by atoms with Crippen LogP contribution in [0.15, 0.2) is 18.2 Å². The molecule has 0 heterocycles. The Hall–Kier alpha value is -0.490. The number of aliphatic hydroxyl groups excluding tert-OH is 1. The third-order valence-corrected chi connectivity index (χ3v) is 2.26. The summed E-state index contributed by atoms with van der Waals surface area (Å²) in [5.41, 5.74) is 4.67. The fraction of sp³-hybridized carbons (Fsp3) is 0.333. The van der Waals surface area contributed by atoms with Gasteiger partial charge >= 0.3 is 6.18 Å². The molecule has 0 saturated heterocycles. The van der Waals surface area contributed by atoms with Crippen LogP contribution in [0.3, 0.4) is 0 Å². The van der Waals surface area contributed by atoms with Crippen molar-refractivity contribution in [2.45, 2.75) is 12.2 Å². The summed E-state index contributed by atoms with van der Waals surface area (Å²) in [4.78, 5) is 0.